The zero-order valence-electron chi connectivity index (χ0n) is 11.3. The minimum atomic E-state index is -0.238. The van der Waals surface area contributed by atoms with Gasteiger partial charge in [0, 0.05) is 20.3 Å². The molecule has 0 aliphatic carbocycles. The van der Waals surface area contributed by atoms with Crippen LogP contribution in [-0.2, 0) is 27.1 Å². The molecule has 0 aromatic carbocycles. The summed E-state index contributed by atoms with van der Waals surface area (Å²) in [6.45, 7) is 2.32. The van der Waals surface area contributed by atoms with E-state index in [-0.39, 0.29) is 5.91 Å². The van der Waals surface area contributed by atoms with Crippen molar-refractivity contribution >= 4 is 11.6 Å². The van der Waals surface area contributed by atoms with Crippen LogP contribution in [-0.4, -0.2) is 25.5 Å². The van der Waals surface area contributed by atoms with Gasteiger partial charge < -0.3 is 11.1 Å². The maximum Gasteiger partial charge on any atom is 0.272 e. The van der Waals surface area contributed by atoms with E-state index in [1.54, 1.807) is 11.7 Å². The number of nitrogen functional groups attached to an aromatic ring is 1. The van der Waals surface area contributed by atoms with Crippen molar-refractivity contribution < 1.29 is 4.79 Å². The second-order valence-electron chi connectivity index (χ2n) is 4.35. The molecule has 7 heteroatoms. The largest absolute Gasteiger partial charge is 0.395 e. The smallest absolute Gasteiger partial charge is 0.272 e. The van der Waals surface area contributed by atoms with Crippen molar-refractivity contribution in [2.24, 2.45) is 14.1 Å². The molecule has 0 aliphatic rings. The van der Waals surface area contributed by atoms with Crippen LogP contribution in [0.1, 0.15) is 28.8 Å². The molecule has 0 aliphatic heterocycles. The number of amides is 1. The number of hydrogen-bond acceptors (Lipinski definition) is 4. The predicted octanol–water partition coefficient (Wildman–Crippen LogP) is 0.228. The fraction of sp³-hybridized carbons (Fsp3) is 0.417. The van der Waals surface area contributed by atoms with Crippen LogP contribution in [0, 0.1) is 0 Å². The number of aryl methyl sites for hydroxylation is 3. The molecule has 0 fully saturated rings. The number of nitrogens with zero attached hydrogens (tertiary/aromatic N) is 4. The Labute approximate surface area is 111 Å². The van der Waals surface area contributed by atoms with Gasteiger partial charge in [-0.15, -0.1) is 0 Å². The molecule has 0 saturated carbocycles. The van der Waals surface area contributed by atoms with E-state index in [4.69, 9.17) is 5.73 Å². The van der Waals surface area contributed by atoms with Crippen molar-refractivity contribution in [3.63, 3.8) is 0 Å². The van der Waals surface area contributed by atoms with Gasteiger partial charge in [0.1, 0.15) is 5.69 Å². The zero-order chi connectivity index (χ0) is 14.0. The first-order valence-corrected chi connectivity index (χ1v) is 6.11. The number of hydrogen-bond donors (Lipinski definition) is 2. The average Bonchev–Trinajstić information content (AvgIpc) is 2.90. The molecule has 3 N–H and O–H groups in total. The normalized spacial score (nSPS) is 10.7. The van der Waals surface area contributed by atoms with Crippen molar-refractivity contribution in [3.05, 3.63) is 29.3 Å². The summed E-state index contributed by atoms with van der Waals surface area (Å²) in [5.74, 6) is -0.238. The number of carbonyl (C=O) groups excluding carboxylic acids is 1. The van der Waals surface area contributed by atoms with Crippen LogP contribution in [0.15, 0.2) is 12.3 Å². The van der Waals surface area contributed by atoms with Gasteiger partial charge in [0.05, 0.1) is 23.6 Å². The molecule has 2 heterocycles. The van der Waals surface area contributed by atoms with Gasteiger partial charge in [0.2, 0.25) is 0 Å². The molecule has 0 spiro atoms. The molecule has 19 heavy (non-hydrogen) atoms. The number of aromatic nitrogens is 4. The van der Waals surface area contributed by atoms with Gasteiger partial charge in [-0.3, -0.25) is 14.2 Å². The van der Waals surface area contributed by atoms with Gasteiger partial charge in [0.15, 0.2) is 0 Å². The van der Waals surface area contributed by atoms with Crippen LogP contribution in [0.2, 0.25) is 0 Å². The Morgan fingerprint density at radius 2 is 2.16 bits per heavy atom. The minimum Gasteiger partial charge on any atom is -0.395 e. The van der Waals surface area contributed by atoms with Crippen LogP contribution in [0.5, 0.6) is 0 Å². The standard InChI is InChI=1S/C12H18N6O/c1-4-9-10(13)11(18(3)16-9)12(19)14-7-8-5-6-17(2)15-8/h5-6H,4,7,13H2,1-3H3,(H,14,19). The van der Waals surface area contributed by atoms with Gasteiger partial charge >= 0.3 is 0 Å². The van der Waals surface area contributed by atoms with Crippen molar-refractivity contribution in [1.82, 2.24) is 24.9 Å². The lowest BCUT2D eigenvalue weighted by atomic mass is 10.2. The van der Waals surface area contributed by atoms with Crippen molar-refractivity contribution in [2.75, 3.05) is 5.73 Å². The van der Waals surface area contributed by atoms with Crippen LogP contribution in [0.3, 0.4) is 0 Å². The Bertz CT molecular complexity index is 597. The van der Waals surface area contributed by atoms with Crippen molar-refractivity contribution in [1.29, 1.82) is 0 Å². The van der Waals surface area contributed by atoms with E-state index in [0.717, 1.165) is 11.4 Å². The van der Waals surface area contributed by atoms with E-state index in [1.165, 1.54) is 4.68 Å². The summed E-state index contributed by atoms with van der Waals surface area (Å²) in [6, 6.07) is 1.85. The van der Waals surface area contributed by atoms with E-state index in [0.29, 0.717) is 24.3 Å². The molecule has 7 nitrogen and oxygen atoms in total. The molecule has 0 radical (unpaired) electrons. The number of anilines is 1. The Morgan fingerprint density at radius 3 is 2.68 bits per heavy atom. The maximum absolute atomic E-state index is 12.1. The maximum atomic E-state index is 12.1. The summed E-state index contributed by atoms with van der Waals surface area (Å²) in [4.78, 5) is 12.1. The Hall–Kier alpha value is -2.31. The third-order valence-electron chi connectivity index (χ3n) is 2.91. The van der Waals surface area contributed by atoms with Gasteiger partial charge in [-0.05, 0) is 12.5 Å². The average molecular weight is 262 g/mol. The molecular formula is C12H18N6O. The highest BCUT2D eigenvalue weighted by Gasteiger charge is 2.18. The Balaban J connectivity index is 2.10. The highest BCUT2D eigenvalue weighted by atomic mass is 16.2. The number of carbonyl (C=O) groups is 1. The fourth-order valence-corrected chi connectivity index (χ4v) is 1.94. The van der Waals surface area contributed by atoms with E-state index >= 15 is 0 Å². The fourth-order valence-electron chi connectivity index (χ4n) is 1.94. The van der Waals surface area contributed by atoms with Crippen LogP contribution < -0.4 is 11.1 Å². The summed E-state index contributed by atoms with van der Waals surface area (Å²) >= 11 is 0. The number of rotatable bonds is 4. The molecule has 0 saturated heterocycles. The van der Waals surface area contributed by atoms with Crippen LogP contribution in [0.4, 0.5) is 5.69 Å². The van der Waals surface area contributed by atoms with Gasteiger partial charge in [-0.1, -0.05) is 6.92 Å². The summed E-state index contributed by atoms with van der Waals surface area (Å²) in [5.41, 5.74) is 8.31. The SMILES string of the molecule is CCc1nn(C)c(C(=O)NCc2ccn(C)n2)c1N. The molecule has 0 atom stereocenters. The quantitative estimate of drug-likeness (QED) is 0.825. The molecule has 2 aromatic rings. The first-order valence-electron chi connectivity index (χ1n) is 6.11. The lowest BCUT2D eigenvalue weighted by molar-refractivity contribution is 0.0942. The summed E-state index contributed by atoms with van der Waals surface area (Å²) in [6.07, 6.45) is 2.53. The van der Waals surface area contributed by atoms with Gasteiger partial charge in [0.25, 0.3) is 5.91 Å². The molecular weight excluding hydrogens is 244 g/mol. The van der Waals surface area contributed by atoms with Crippen LogP contribution >= 0.6 is 0 Å². The number of nitrogens with one attached hydrogen (secondary N) is 1. The number of nitrogens with two attached hydrogens (primary N) is 1. The monoisotopic (exact) mass is 262 g/mol. The first kappa shape index (κ1) is 13.1. The molecule has 2 rings (SSSR count). The van der Waals surface area contributed by atoms with E-state index in [2.05, 4.69) is 15.5 Å². The topological polar surface area (TPSA) is 90.8 Å². The van der Waals surface area contributed by atoms with Crippen molar-refractivity contribution in [3.8, 4) is 0 Å². The first-order chi connectivity index (χ1) is 9.02. The highest BCUT2D eigenvalue weighted by Crippen LogP contribution is 2.16. The Kier molecular flexibility index (Phi) is 3.55. The van der Waals surface area contributed by atoms with Crippen LogP contribution in [0.25, 0.3) is 0 Å². The van der Waals surface area contributed by atoms with Gasteiger partial charge in [-0.2, -0.15) is 10.2 Å². The minimum absolute atomic E-state index is 0.238. The summed E-state index contributed by atoms with van der Waals surface area (Å²) in [7, 11) is 3.54. The second-order valence-corrected chi connectivity index (χ2v) is 4.35. The molecule has 2 aromatic heterocycles. The van der Waals surface area contributed by atoms with E-state index < -0.39 is 0 Å². The van der Waals surface area contributed by atoms with Gasteiger partial charge in [-0.25, -0.2) is 0 Å². The Morgan fingerprint density at radius 1 is 1.42 bits per heavy atom. The summed E-state index contributed by atoms with van der Waals surface area (Å²) in [5, 5.41) is 11.2. The van der Waals surface area contributed by atoms with E-state index in [9.17, 15) is 4.79 Å². The third-order valence-corrected chi connectivity index (χ3v) is 2.91. The second kappa shape index (κ2) is 5.13. The predicted molar refractivity (Wildman–Crippen MR) is 71.4 cm³/mol. The highest BCUT2D eigenvalue weighted by molar-refractivity contribution is 5.97. The molecule has 0 unspecified atom stereocenters. The lowest BCUT2D eigenvalue weighted by Gasteiger charge is -2.04. The molecule has 1 amide bonds. The lowest BCUT2D eigenvalue weighted by Crippen LogP contribution is -2.26. The zero-order valence-corrected chi connectivity index (χ0v) is 11.3. The van der Waals surface area contributed by atoms with Crippen molar-refractivity contribution in [2.45, 2.75) is 19.9 Å². The third kappa shape index (κ3) is 2.59. The summed E-state index contributed by atoms with van der Waals surface area (Å²) < 4.78 is 3.21. The molecule has 0 bridgehead atoms. The van der Waals surface area contributed by atoms with E-state index in [1.807, 2.05) is 26.2 Å². The molecule has 102 valence electrons.